The number of fused-ring (bicyclic) bond motifs is 1. The highest BCUT2D eigenvalue weighted by atomic mass is 16.6. The van der Waals surface area contributed by atoms with Gasteiger partial charge in [-0.1, -0.05) is 12.1 Å². The zero-order valence-electron chi connectivity index (χ0n) is 15.0. The van der Waals surface area contributed by atoms with Gasteiger partial charge in [-0.25, -0.2) is 4.98 Å². The molecule has 0 spiro atoms. The third-order valence-corrected chi connectivity index (χ3v) is 4.66. The maximum atomic E-state index is 12.7. The van der Waals surface area contributed by atoms with E-state index in [4.69, 9.17) is 9.47 Å². The van der Waals surface area contributed by atoms with Crippen molar-refractivity contribution in [3.63, 3.8) is 0 Å². The Morgan fingerprint density at radius 1 is 1.00 bits per heavy atom. The first-order chi connectivity index (χ1) is 13.1. The lowest BCUT2D eigenvalue weighted by Gasteiger charge is -2.37. The minimum Gasteiger partial charge on any atom is -0.485 e. The van der Waals surface area contributed by atoms with Crippen LogP contribution >= 0.6 is 0 Å². The molecule has 1 saturated heterocycles. The molecule has 2 aliphatic rings. The van der Waals surface area contributed by atoms with Crippen LogP contribution in [0.1, 0.15) is 16.2 Å². The highest BCUT2D eigenvalue weighted by molar-refractivity contribution is 5.92. The number of rotatable bonds is 2. The predicted octanol–water partition coefficient (Wildman–Crippen LogP) is 0.909. The summed E-state index contributed by atoms with van der Waals surface area (Å²) in [7, 11) is 0. The number of benzene rings is 1. The summed E-state index contributed by atoms with van der Waals surface area (Å²) >= 11 is 0. The van der Waals surface area contributed by atoms with Crippen molar-refractivity contribution in [3.05, 3.63) is 48.0 Å². The number of aryl methyl sites for hydroxylation is 1. The van der Waals surface area contributed by atoms with Crippen molar-refractivity contribution in [2.45, 2.75) is 13.0 Å². The van der Waals surface area contributed by atoms with E-state index < -0.39 is 6.10 Å². The van der Waals surface area contributed by atoms with E-state index in [1.807, 2.05) is 25.1 Å². The SMILES string of the molecule is Cc1cnc(C(=O)N2CCN(C(=O)[C@@H]3COc4ccccc4O3)CC2)cn1. The normalized spacial score (nSPS) is 18.9. The van der Waals surface area contributed by atoms with E-state index in [1.54, 1.807) is 22.1 Å². The van der Waals surface area contributed by atoms with Crippen LogP contribution in [0.25, 0.3) is 0 Å². The molecule has 27 heavy (non-hydrogen) atoms. The van der Waals surface area contributed by atoms with Crippen LogP contribution in [0.15, 0.2) is 36.7 Å². The number of carbonyl (C=O) groups excluding carboxylic acids is 2. The minimum atomic E-state index is -0.662. The zero-order valence-corrected chi connectivity index (χ0v) is 15.0. The molecule has 0 unspecified atom stereocenters. The van der Waals surface area contributed by atoms with Crippen LogP contribution in [0.3, 0.4) is 0 Å². The maximum absolute atomic E-state index is 12.7. The van der Waals surface area contributed by atoms with Gasteiger partial charge in [0.25, 0.3) is 11.8 Å². The van der Waals surface area contributed by atoms with Crippen LogP contribution in [0.4, 0.5) is 0 Å². The van der Waals surface area contributed by atoms with Crippen molar-refractivity contribution in [2.75, 3.05) is 32.8 Å². The van der Waals surface area contributed by atoms with Gasteiger partial charge in [-0.05, 0) is 19.1 Å². The number of hydrogen-bond donors (Lipinski definition) is 0. The van der Waals surface area contributed by atoms with E-state index in [1.165, 1.54) is 6.20 Å². The summed E-state index contributed by atoms with van der Waals surface area (Å²) in [5, 5.41) is 0. The first-order valence-corrected chi connectivity index (χ1v) is 8.87. The molecule has 0 bridgehead atoms. The van der Waals surface area contributed by atoms with Gasteiger partial charge in [0, 0.05) is 32.4 Å². The quantitative estimate of drug-likeness (QED) is 0.783. The summed E-state index contributed by atoms with van der Waals surface area (Å²) < 4.78 is 11.4. The van der Waals surface area contributed by atoms with E-state index in [0.29, 0.717) is 43.4 Å². The molecule has 0 radical (unpaired) electrons. The fourth-order valence-electron chi connectivity index (χ4n) is 3.14. The minimum absolute atomic E-state index is 0.119. The molecule has 0 N–H and O–H groups in total. The summed E-state index contributed by atoms with van der Waals surface area (Å²) in [6, 6.07) is 7.30. The Hall–Kier alpha value is -3.16. The predicted molar refractivity (Wildman–Crippen MR) is 95.6 cm³/mol. The Morgan fingerprint density at radius 2 is 1.70 bits per heavy atom. The molecule has 2 aromatic rings. The first kappa shape index (κ1) is 17.3. The van der Waals surface area contributed by atoms with Crippen LogP contribution < -0.4 is 9.47 Å². The van der Waals surface area contributed by atoms with Crippen molar-refractivity contribution in [2.24, 2.45) is 0 Å². The number of nitrogens with zero attached hydrogens (tertiary/aromatic N) is 4. The van der Waals surface area contributed by atoms with Gasteiger partial charge in [-0.2, -0.15) is 0 Å². The maximum Gasteiger partial charge on any atom is 0.274 e. The van der Waals surface area contributed by atoms with Crippen LogP contribution in [-0.4, -0.2) is 70.5 Å². The fourth-order valence-corrected chi connectivity index (χ4v) is 3.14. The van der Waals surface area contributed by atoms with E-state index >= 15 is 0 Å². The summed E-state index contributed by atoms with van der Waals surface area (Å²) in [5.41, 5.74) is 1.08. The number of para-hydroxylation sites is 2. The average molecular weight is 368 g/mol. The van der Waals surface area contributed by atoms with Gasteiger partial charge in [0.15, 0.2) is 11.5 Å². The van der Waals surface area contributed by atoms with E-state index in [2.05, 4.69) is 9.97 Å². The van der Waals surface area contributed by atoms with Gasteiger partial charge >= 0.3 is 0 Å². The standard InChI is InChI=1S/C19H20N4O4/c1-13-10-21-14(11-20-13)18(24)22-6-8-23(9-7-22)19(25)17-12-26-15-4-2-3-5-16(15)27-17/h2-5,10-11,17H,6-9,12H2,1H3/t17-/m0/s1. The molecule has 8 heteroatoms. The largest absolute Gasteiger partial charge is 0.485 e. The Bertz CT molecular complexity index is 847. The number of aromatic nitrogens is 2. The topological polar surface area (TPSA) is 84.9 Å². The molecule has 4 rings (SSSR count). The lowest BCUT2D eigenvalue weighted by Crippen LogP contribution is -2.55. The van der Waals surface area contributed by atoms with Crippen molar-refractivity contribution in [3.8, 4) is 11.5 Å². The third kappa shape index (κ3) is 3.55. The van der Waals surface area contributed by atoms with Gasteiger partial charge in [-0.15, -0.1) is 0 Å². The number of carbonyl (C=O) groups is 2. The second kappa shape index (κ2) is 7.22. The molecular formula is C19H20N4O4. The summed E-state index contributed by atoms with van der Waals surface area (Å²) in [5.74, 6) is 0.942. The highest BCUT2D eigenvalue weighted by Gasteiger charge is 2.33. The molecule has 1 aromatic carbocycles. The van der Waals surface area contributed by atoms with Crippen LogP contribution in [-0.2, 0) is 4.79 Å². The molecule has 1 fully saturated rings. The molecule has 1 atom stereocenters. The van der Waals surface area contributed by atoms with E-state index in [9.17, 15) is 9.59 Å². The Kier molecular flexibility index (Phi) is 4.62. The second-order valence-electron chi connectivity index (χ2n) is 6.52. The summed E-state index contributed by atoms with van der Waals surface area (Å²) in [6.07, 6.45) is 2.40. The number of piperazine rings is 1. The molecule has 8 nitrogen and oxygen atoms in total. The smallest absolute Gasteiger partial charge is 0.274 e. The van der Waals surface area contributed by atoms with E-state index in [0.717, 1.165) is 5.69 Å². The van der Waals surface area contributed by atoms with Crippen LogP contribution in [0.2, 0.25) is 0 Å². The molecule has 2 amide bonds. The van der Waals surface area contributed by atoms with Gasteiger partial charge in [0.05, 0.1) is 11.9 Å². The fraction of sp³-hybridized carbons (Fsp3) is 0.368. The first-order valence-electron chi connectivity index (χ1n) is 8.87. The Labute approximate surface area is 156 Å². The van der Waals surface area contributed by atoms with Crippen molar-refractivity contribution in [1.29, 1.82) is 0 Å². The Balaban J connectivity index is 1.34. The van der Waals surface area contributed by atoms with E-state index in [-0.39, 0.29) is 18.4 Å². The molecule has 3 heterocycles. The van der Waals surface area contributed by atoms with Gasteiger partial charge in [0.2, 0.25) is 6.10 Å². The van der Waals surface area contributed by atoms with Crippen molar-refractivity contribution in [1.82, 2.24) is 19.8 Å². The molecule has 0 aliphatic carbocycles. The number of hydrogen-bond acceptors (Lipinski definition) is 6. The number of ether oxygens (including phenoxy) is 2. The highest BCUT2D eigenvalue weighted by Crippen LogP contribution is 2.31. The average Bonchev–Trinajstić information content (AvgIpc) is 2.73. The third-order valence-electron chi connectivity index (χ3n) is 4.66. The Morgan fingerprint density at radius 3 is 2.41 bits per heavy atom. The summed E-state index contributed by atoms with van der Waals surface area (Å²) in [6.45, 7) is 3.81. The number of amides is 2. The summed E-state index contributed by atoms with van der Waals surface area (Å²) in [4.78, 5) is 36.9. The van der Waals surface area contributed by atoms with Crippen molar-refractivity contribution < 1.29 is 19.1 Å². The van der Waals surface area contributed by atoms with Gasteiger partial charge in [0.1, 0.15) is 12.3 Å². The lowest BCUT2D eigenvalue weighted by molar-refractivity contribution is -0.142. The van der Waals surface area contributed by atoms with Crippen LogP contribution in [0.5, 0.6) is 11.5 Å². The van der Waals surface area contributed by atoms with Gasteiger partial charge in [-0.3, -0.25) is 14.6 Å². The molecular weight excluding hydrogens is 348 g/mol. The monoisotopic (exact) mass is 368 g/mol. The second-order valence-corrected chi connectivity index (χ2v) is 6.52. The van der Waals surface area contributed by atoms with Crippen molar-refractivity contribution >= 4 is 11.8 Å². The molecule has 0 saturated carbocycles. The zero-order chi connectivity index (χ0) is 18.8. The van der Waals surface area contributed by atoms with Crippen LogP contribution in [0, 0.1) is 6.92 Å². The van der Waals surface area contributed by atoms with Gasteiger partial charge < -0.3 is 19.3 Å². The molecule has 2 aliphatic heterocycles. The molecule has 1 aromatic heterocycles. The molecule has 140 valence electrons. The lowest BCUT2D eigenvalue weighted by atomic mass is 10.2.